The molecule has 6 heteroatoms. The van der Waals surface area contributed by atoms with Crippen LogP contribution < -0.4 is 0 Å². The molecule has 0 spiro atoms. The molecule has 1 amide bonds. The van der Waals surface area contributed by atoms with Crippen molar-refractivity contribution in [3.8, 4) is 0 Å². The fraction of sp³-hybridized carbons (Fsp3) is 0.190. The summed E-state index contributed by atoms with van der Waals surface area (Å²) >= 11 is 0. The topological polar surface area (TPSA) is 94.9 Å². The molecule has 0 saturated carbocycles. The molecule has 2 N–H and O–H groups in total. The standard InChI is InChI=1S/C21H19NO5/c1-13-7-9-14(10-8-13)18-17(19(25)15-5-3-2-4-6-15)20(26)21(27)22(18)12-11-16(23)24/h2-10,18,25H,11-12H2,1H3,(H,23,24)/b19-17+/t18-/m0/s1. The number of carboxylic acids is 1. The van der Waals surface area contributed by atoms with Crippen molar-refractivity contribution in [2.45, 2.75) is 19.4 Å². The molecule has 0 aromatic heterocycles. The first-order chi connectivity index (χ1) is 12.9. The van der Waals surface area contributed by atoms with Gasteiger partial charge in [-0.1, -0.05) is 60.2 Å². The van der Waals surface area contributed by atoms with Gasteiger partial charge in [-0.05, 0) is 12.5 Å². The molecule has 2 aromatic carbocycles. The maximum absolute atomic E-state index is 12.7. The lowest BCUT2D eigenvalue weighted by molar-refractivity contribution is -0.142. The van der Waals surface area contributed by atoms with Crippen LogP contribution in [0.3, 0.4) is 0 Å². The Hall–Kier alpha value is -3.41. The van der Waals surface area contributed by atoms with Crippen molar-refractivity contribution >= 4 is 23.4 Å². The van der Waals surface area contributed by atoms with Crippen molar-refractivity contribution in [3.05, 3.63) is 76.9 Å². The van der Waals surface area contributed by atoms with Crippen molar-refractivity contribution < 1.29 is 24.6 Å². The fourth-order valence-corrected chi connectivity index (χ4v) is 3.17. The van der Waals surface area contributed by atoms with Crippen LogP contribution in [-0.4, -0.2) is 39.3 Å². The Morgan fingerprint density at radius 2 is 1.63 bits per heavy atom. The van der Waals surface area contributed by atoms with Crippen LogP contribution in [0.15, 0.2) is 60.2 Å². The summed E-state index contributed by atoms with van der Waals surface area (Å²) in [5, 5.41) is 19.7. The summed E-state index contributed by atoms with van der Waals surface area (Å²) in [7, 11) is 0. The van der Waals surface area contributed by atoms with Crippen LogP contribution in [0.25, 0.3) is 5.76 Å². The highest BCUT2D eigenvalue weighted by Crippen LogP contribution is 2.39. The number of aliphatic hydroxyl groups is 1. The minimum absolute atomic E-state index is 0.0274. The number of aliphatic carboxylic acids is 1. The maximum atomic E-state index is 12.7. The van der Waals surface area contributed by atoms with E-state index < -0.39 is 23.7 Å². The largest absolute Gasteiger partial charge is 0.507 e. The van der Waals surface area contributed by atoms with Gasteiger partial charge in [-0.25, -0.2) is 0 Å². The number of benzene rings is 2. The summed E-state index contributed by atoms with van der Waals surface area (Å²) in [5.74, 6) is -2.95. The Morgan fingerprint density at radius 1 is 1.00 bits per heavy atom. The van der Waals surface area contributed by atoms with Gasteiger partial charge in [-0.15, -0.1) is 0 Å². The predicted octanol–water partition coefficient (Wildman–Crippen LogP) is 2.89. The molecule has 1 heterocycles. The molecule has 1 aliphatic heterocycles. The molecule has 1 atom stereocenters. The average Bonchev–Trinajstić information content (AvgIpc) is 2.91. The van der Waals surface area contributed by atoms with E-state index in [1.807, 2.05) is 19.1 Å². The van der Waals surface area contributed by atoms with Gasteiger partial charge in [-0.3, -0.25) is 14.4 Å². The molecule has 3 rings (SSSR count). The number of hydrogen-bond donors (Lipinski definition) is 2. The normalized spacial score (nSPS) is 18.7. The molecule has 0 bridgehead atoms. The van der Waals surface area contributed by atoms with E-state index in [1.54, 1.807) is 42.5 Å². The van der Waals surface area contributed by atoms with Crippen molar-refractivity contribution in [2.24, 2.45) is 0 Å². The molecule has 1 saturated heterocycles. The SMILES string of the molecule is Cc1ccc([C@H]2/C(=C(\O)c3ccccc3)C(=O)C(=O)N2CCC(=O)O)cc1. The third kappa shape index (κ3) is 3.60. The number of nitrogens with zero attached hydrogens (tertiary/aromatic N) is 1. The monoisotopic (exact) mass is 365 g/mol. The van der Waals surface area contributed by atoms with Crippen LogP contribution in [0.2, 0.25) is 0 Å². The minimum atomic E-state index is -1.07. The van der Waals surface area contributed by atoms with Crippen LogP contribution in [0, 0.1) is 6.92 Å². The lowest BCUT2D eigenvalue weighted by Gasteiger charge is -2.24. The van der Waals surface area contributed by atoms with Crippen molar-refractivity contribution in [2.75, 3.05) is 6.54 Å². The number of carbonyl (C=O) groups is 3. The highest BCUT2D eigenvalue weighted by atomic mass is 16.4. The first-order valence-electron chi connectivity index (χ1n) is 8.52. The molecule has 138 valence electrons. The van der Waals surface area contributed by atoms with Gasteiger partial charge in [0.25, 0.3) is 11.7 Å². The van der Waals surface area contributed by atoms with Crippen LogP contribution in [0.5, 0.6) is 0 Å². The van der Waals surface area contributed by atoms with Gasteiger partial charge in [0, 0.05) is 12.1 Å². The van der Waals surface area contributed by atoms with Crippen LogP contribution >= 0.6 is 0 Å². The van der Waals surface area contributed by atoms with Crippen molar-refractivity contribution in [1.82, 2.24) is 4.90 Å². The molecule has 0 radical (unpaired) electrons. The highest BCUT2D eigenvalue weighted by molar-refractivity contribution is 6.46. The zero-order chi connectivity index (χ0) is 19.6. The second kappa shape index (κ2) is 7.45. The second-order valence-electron chi connectivity index (χ2n) is 6.41. The molecular formula is C21H19NO5. The average molecular weight is 365 g/mol. The molecule has 0 aliphatic carbocycles. The second-order valence-corrected chi connectivity index (χ2v) is 6.41. The first-order valence-corrected chi connectivity index (χ1v) is 8.52. The number of likely N-dealkylation sites (tertiary alicyclic amines) is 1. The third-order valence-corrected chi connectivity index (χ3v) is 4.55. The summed E-state index contributed by atoms with van der Waals surface area (Å²) in [5.41, 5.74) is 2.04. The Balaban J connectivity index is 2.14. The third-order valence-electron chi connectivity index (χ3n) is 4.55. The van der Waals surface area contributed by atoms with E-state index in [0.29, 0.717) is 11.1 Å². The maximum Gasteiger partial charge on any atom is 0.305 e. The number of amides is 1. The number of hydrogen-bond acceptors (Lipinski definition) is 4. The molecule has 1 fully saturated rings. The van der Waals surface area contributed by atoms with Crippen molar-refractivity contribution in [3.63, 3.8) is 0 Å². The zero-order valence-electron chi connectivity index (χ0n) is 14.8. The molecule has 2 aromatic rings. The highest BCUT2D eigenvalue weighted by Gasteiger charge is 2.45. The van der Waals surface area contributed by atoms with Crippen LogP contribution in [0.4, 0.5) is 0 Å². The number of carboxylic acid groups (broad SMARTS) is 1. The Labute approximate surface area is 156 Å². The van der Waals surface area contributed by atoms with E-state index in [9.17, 15) is 19.5 Å². The number of ketones is 1. The summed E-state index contributed by atoms with van der Waals surface area (Å²) in [6.07, 6.45) is -0.291. The molecule has 0 unspecified atom stereocenters. The van der Waals surface area contributed by atoms with E-state index in [0.717, 1.165) is 5.56 Å². The van der Waals surface area contributed by atoms with Gasteiger partial charge >= 0.3 is 5.97 Å². The van der Waals surface area contributed by atoms with E-state index in [4.69, 9.17) is 5.11 Å². The van der Waals surface area contributed by atoms with Crippen LogP contribution in [0.1, 0.15) is 29.2 Å². The zero-order valence-corrected chi connectivity index (χ0v) is 14.8. The summed E-state index contributed by atoms with van der Waals surface area (Å²) in [6.45, 7) is 1.79. The lowest BCUT2D eigenvalue weighted by Crippen LogP contribution is -2.31. The summed E-state index contributed by atoms with van der Waals surface area (Å²) < 4.78 is 0. The quantitative estimate of drug-likeness (QED) is 0.483. The number of carbonyl (C=O) groups excluding carboxylic acids is 2. The van der Waals surface area contributed by atoms with E-state index in [2.05, 4.69) is 0 Å². The van der Waals surface area contributed by atoms with Gasteiger partial charge in [0.2, 0.25) is 0 Å². The Kier molecular flexibility index (Phi) is 5.07. The van der Waals surface area contributed by atoms with E-state index >= 15 is 0 Å². The minimum Gasteiger partial charge on any atom is -0.507 e. The number of aliphatic hydroxyl groups excluding tert-OH is 1. The van der Waals surface area contributed by atoms with Gasteiger partial charge in [-0.2, -0.15) is 0 Å². The van der Waals surface area contributed by atoms with Gasteiger partial charge in [0.1, 0.15) is 5.76 Å². The smallest absolute Gasteiger partial charge is 0.305 e. The lowest BCUT2D eigenvalue weighted by atomic mass is 9.94. The Morgan fingerprint density at radius 3 is 2.22 bits per heavy atom. The van der Waals surface area contributed by atoms with Gasteiger partial charge in [0.05, 0.1) is 18.0 Å². The molecule has 1 aliphatic rings. The number of rotatable bonds is 5. The first kappa shape index (κ1) is 18.4. The molecular weight excluding hydrogens is 346 g/mol. The van der Waals surface area contributed by atoms with Crippen molar-refractivity contribution in [1.29, 1.82) is 0 Å². The van der Waals surface area contributed by atoms with E-state index in [1.165, 1.54) is 4.90 Å². The van der Waals surface area contributed by atoms with Gasteiger partial charge in [0.15, 0.2) is 0 Å². The number of Topliss-reactive ketones (excluding diaryl/α,β-unsaturated/α-hetero) is 1. The molecule has 6 nitrogen and oxygen atoms in total. The predicted molar refractivity (Wildman–Crippen MR) is 98.9 cm³/mol. The van der Waals surface area contributed by atoms with E-state index in [-0.39, 0.29) is 24.3 Å². The summed E-state index contributed by atoms with van der Waals surface area (Å²) in [4.78, 5) is 37.4. The Bertz CT molecular complexity index is 915. The van der Waals surface area contributed by atoms with Crippen LogP contribution in [-0.2, 0) is 14.4 Å². The fourth-order valence-electron chi connectivity index (χ4n) is 3.17. The molecule has 27 heavy (non-hydrogen) atoms. The van der Waals surface area contributed by atoms with Gasteiger partial charge < -0.3 is 15.1 Å². The number of aryl methyl sites for hydroxylation is 1. The summed E-state index contributed by atoms with van der Waals surface area (Å²) in [6, 6.07) is 14.9.